The number of rotatable bonds is 9. The molecule has 0 aromatic carbocycles. The summed E-state index contributed by atoms with van der Waals surface area (Å²) in [4.78, 5) is 17.7. The molecule has 0 spiro atoms. The summed E-state index contributed by atoms with van der Waals surface area (Å²) in [6, 6.07) is 0. The quantitative estimate of drug-likeness (QED) is 0.305. The number of halogens is 3. The zero-order valence-corrected chi connectivity index (χ0v) is 21.9. The molecule has 9 heteroatoms. The lowest BCUT2D eigenvalue weighted by molar-refractivity contribution is -0.148. The lowest BCUT2D eigenvalue weighted by atomic mass is 10.0. The molecule has 0 aromatic rings. The number of allylic oxidation sites excluding steroid dienone is 11. The summed E-state index contributed by atoms with van der Waals surface area (Å²) < 4.78 is 44.4. The lowest BCUT2D eigenvalue weighted by Gasteiger charge is -2.12. The molecule has 1 unspecified atom stereocenters. The highest BCUT2D eigenvalue weighted by Crippen LogP contribution is 2.39. The van der Waals surface area contributed by atoms with E-state index in [0.717, 1.165) is 60.4 Å². The number of aliphatic imine (C=N–C) groups is 1. The standard InChI is InChI=1S/C27H30F3NO3S2/c1-18(31-15-19-6-5-9-22(11-10-19)27(28,29)30)25(35-2)17-36-24-13-12-23(34-16-26(32)33)20-7-3-4-8-21(24)14-20/h5-6,9-13,15,22H,3-4,7-8,14,16-17H2,1-2H3,(H,32,33)/b25-18-,31-15?. The summed E-state index contributed by atoms with van der Waals surface area (Å²) in [6.45, 7) is 1.55. The van der Waals surface area contributed by atoms with Crippen LogP contribution in [0, 0.1) is 5.92 Å². The van der Waals surface area contributed by atoms with Crippen molar-refractivity contribution in [2.24, 2.45) is 10.9 Å². The van der Waals surface area contributed by atoms with Crippen LogP contribution in [0.3, 0.4) is 0 Å². The van der Waals surface area contributed by atoms with Gasteiger partial charge in [-0.3, -0.25) is 4.99 Å². The minimum absolute atomic E-state index is 0.351. The van der Waals surface area contributed by atoms with Gasteiger partial charge in [0.2, 0.25) is 0 Å². The zero-order valence-electron chi connectivity index (χ0n) is 20.3. The van der Waals surface area contributed by atoms with Gasteiger partial charge in [-0.05, 0) is 68.6 Å². The molecule has 1 atom stereocenters. The number of thioether (sulfide) groups is 2. The fourth-order valence-corrected chi connectivity index (χ4v) is 6.02. The number of hydrogen-bond acceptors (Lipinski definition) is 5. The van der Waals surface area contributed by atoms with E-state index < -0.39 is 18.1 Å². The molecule has 1 fully saturated rings. The van der Waals surface area contributed by atoms with Crippen molar-refractivity contribution in [1.29, 1.82) is 0 Å². The molecule has 3 aliphatic rings. The number of ether oxygens (including phenoxy) is 1. The Morgan fingerprint density at radius 3 is 2.64 bits per heavy atom. The SMILES string of the molecule is CS/C(CSC1=C2CCCCC(=C(OCC(=O)O)C=C1)C2)=C(/C)N=CC1=CC=CC(C(F)(F)F)C=C1. The number of alkyl halides is 3. The number of carboxylic acids is 1. The van der Waals surface area contributed by atoms with Gasteiger partial charge in [0.1, 0.15) is 5.76 Å². The van der Waals surface area contributed by atoms with Crippen molar-refractivity contribution in [3.05, 3.63) is 80.5 Å². The first-order valence-corrected chi connectivity index (χ1v) is 13.9. The van der Waals surface area contributed by atoms with Crippen LogP contribution in [0.1, 0.15) is 39.0 Å². The van der Waals surface area contributed by atoms with Gasteiger partial charge in [0.15, 0.2) is 6.61 Å². The second-order valence-electron chi connectivity index (χ2n) is 8.57. The molecule has 194 valence electrons. The third-order valence-electron chi connectivity index (χ3n) is 5.97. The lowest BCUT2D eigenvalue weighted by Crippen LogP contribution is -2.18. The van der Waals surface area contributed by atoms with E-state index in [2.05, 4.69) is 4.99 Å². The number of aliphatic carboxylic acids is 1. The van der Waals surface area contributed by atoms with Crippen LogP contribution in [-0.2, 0) is 9.53 Å². The molecule has 0 amide bonds. The predicted octanol–water partition coefficient (Wildman–Crippen LogP) is 7.76. The van der Waals surface area contributed by atoms with Crippen molar-refractivity contribution in [2.75, 3.05) is 18.6 Å². The van der Waals surface area contributed by atoms with E-state index >= 15 is 0 Å². The minimum Gasteiger partial charge on any atom is -0.482 e. The average Bonchev–Trinajstić information content (AvgIpc) is 3.28. The summed E-state index contributed by atoms with van der Waals surface area (Å²) in [6.07, 6.45) is 14.8. The summed E-state index contributed by atoms with van der Waals surface area (Å²) in [5.41, 5.74) is 3.92. The second kappa shape index (κ2) is 13.2. The molecule has 1 saturated carbocycles. The van der Waals surface area contributed by atoms with Gasteiger partial charge in [-0.1, -0.05) is 36.0 Å². The van der Waals surface area contributed by atoms with E-state index in [-0.39, 0.29) is 6.61 Å². The minimum atomic E-state index is -4.30. The maximum atomic E-state index is 13.0. The van der Waals surface area contributed by atoms with Gasteiger partial charge in [-0.25, -0.2) is 4.79 Å². The van der Waals surface area contributed by atoms with Crippen LogP contribution in [0.4, 0.5) is 13.2 Å². The van der Waals surface area contributed by atoms with Crippen molar-refractivity contribution in [1.82, 2.24) is 0 Å². The zero-order chi connectivity index (χ0) is 26.1. The molecule has 1 N–H and O–H groups in total. The van der Waals surface area contributed by atoms with Gasteiger partial charge in [-0.15, -0.1) is 23.5 Å². The highest BCUT2D eigenvalue weighted by atomic mass is 32.2. The first-order chi connectivity index (χ1) is 17.2. The Balaban J connectivity index is 1.70. The van der Waals surface area contributed by atoms with Crippen molar-refractivity contribution in [2.45, 2.75) is 45.2 Å². The first-order valence-electron chi connectivity index (χ1n) is 11.7. The van der Waals surface area contributed by atoms with E-state index in [1.807, 2.05) is 25.3 Å². The Morgan fingerprint density at radius 1 is 1.19 bits per heavy atom. The van der Waals surface area contributed by atoms with Crippen LogP contribution in [0.15, 0.2) is 85.5 Å². The molecule has 0 heterocycles. The van der Waals surface area contributed by atoms with Crippen molar-refractivity contribution in [3.63, 3.8) is 0 Å². The van der Waals surface area contributed by atoms with Crippen LogP contribution in [-0.4, -0.2) is 42.1 Å². The van der Waals surface area contributed by atoms with Crippen LogP contribution < -0.4 is 0 Å². The number of hydrogen-bond donors (Lipinski definition) is 1. The Kier molecular flexibility index (Phi) is 10.4. The summed E-state index contributed by atoms with van der Waals surface area (Å²) in [5.74, 6) is -1.21. The van der Waals surface area contributed by atoms with Gasteiger partial charge >= 0.3 is 12.1 Å². The Bertz CT molecular complexity index is 1090. The molecule has 0 radical (unpaired) electrons. The first kappa shape index (κ1) is 28.2. The monoisotopic (exact) mass is 537 g/mol. The van der Waals surface area contributed by atoms with Crippen molar-refractivity contribution < 1.29 is 27.8 Å². The largest absolute Gasteiger partial charge is 0.482 e. The fraction of sp³-hybridized carbons (Fsp3) is 0.407. The smallest absolute Gasteiger partial charge is 0.398 e. The molecular weight excluding hydrogens is 507 g/mol. The fourth-order valence-electron chi connectivity index (χ4n) is 3.98. The maximum Gasteiger partial charge on any atom is 0.398 e. The number of nitrogens with zero attached hydrogens (tertiary/aromatic N) is 1. The van der Waals surface area contributed by atoms with Gasteiger partial charge in [-0.2, -0.15) is 13.2 Å². The van der Waals surface area contributed by atoms with Crippen LogP contribution in [0.5, 0.6) is 0 Å². The van der Waals surface area contributed by atoms with Crippen LogP contribution in [0.2, 0.25) is 0 Å². The molecular formula is C27H30F3NO3S2. The van der Waals surface area contributed by atoms with E-state index in [9.17, 15) is 18.0 Å². The number of carbonyl (C=O) groups is 1. The average molecular weight is 538 g/mol. The maximum absolute atomic E-state index is 13.0. The molecule has 3 rings (SSSR count). The van der Waals surface area contributed by atoms with Crippen molar-refractivity contribution in [3.8, 4) is 0 Å². The summed E-state index contributed by atoms with van der Waals surface area (Å²) >= 11 is 3.32. The topological polar surface area (TPSA) is 58.9 Å². The third-order valence-corrected chi connectivity index (χ3v) is 8.25. The molecule has 2 bridgehead atoms. The Morgan fingerprint density at radius 2 is 1.94 bits per heavy atom. The number of carboxylic acid groups (broad SMARTS) is 1. The summed E-state index contributed by atoms with van der Waals surface area (Å²) in [7, 11) is 0. The van der Waals surface area contributed by atoms with Crippen LogP contribution >= 0.6 is 23.5 Å². The summed E-state index contributed by atoms with van der Waals surface area (Å²) in [5, 5.41) is 9.00. The van der Waals surface area contributed by atoms with Gasteiger partial charge in [0, 0.05) is 27.5 Å². The molecule has 0 aliphatic heterocycles. The van der Waals surface area contributed by atoms with E-state index in [4.69, 9.17) is 9.84 Å². The molecule has 36 heavy (non-hydrogen) atoms. The Labute approximate surface area is 218 Å². The molecule has 4 nitrogen and oxygen atoms in total. The van der Waals surface area contributed by atoms with E-state index in [1.165, 1.54) is 22.6 Å². The van der Waals surface area contributed by atoms with E-state index in [0.29, 0.717) is 17.1 Å². The molecule has 0 saturated heterocycles. The van der Waals surface area contributed by atoms with Crippen LogP contribution in [0.25, 0.3) is 0 Å². The highest BCUT2D eigenvalue weighted by molar-refractivity contribution is 8.07. The van der Waals surface area contributed by atoms with Gasteiger partial charge in [0.25, 0.3) is 0 Å². The number of fused-ring (bicyclic) bond motifs is 2. The van der Waals surface area contributed by atoms with Gasteiger partial charge < -0.3 is 9.84 Å². The predicted molar refractivity (Wildman–Crippen MR) is 143 cm³/mol. The van der Waals surface area contributed by atoms with E-state index in [1.54, 1.807) is 35.8 Å². The molecule has 0 aromatic heterocycles. The molecule has 3 aliphatic carbocycles. The van der Waals surface area contributed by atoms with Crippen molar-refractivity contribution >= 4 is 35.7 Å². The normalized spacial score (nSPS) is 21.2. The second-order valence-corrected chi connectivity index (χ2v) is 10.5. The Hall–Kier alpha value is -2.39. The highest BCUT2D eigenvalue weighted by Gasteiger charge is 2.35. The third kappa shape index (κ3) is 8.34. The van der Waals surface area contributed by atoms with Gasteiger partial charge in [0.05, 0.1) is 5.92 Å².